The van der Waals surface area contributed by atoms with Crippen LogP contribution in [0.25, 0.3) is 0 Å². The first kappa shape index (κ1) is 12.2. The van der Waals surface area contributed by atoms with E-state index in [9.17, 15) is 4.79 Å². The van der Waals surface area contributed by atoms with Crippen LogP contribution < -0.4 is 10.6 Å². The van der Waals surface area contributed by atoms with Crippen molar-refractivity contribution in [2.45, 2.75) is 33.2 Å². The topological polar surface area (TPSA) is 41.1 Å². The van der Waals surface area contributed by atoms with Gasteiger partial charge in [0.15, 0.2) is 0 Å². The molecule has 2 N–H and O–H groups in total. The summed E-state index contributed by atoms with van der Waals surface area (Å²) in [5.74, 6) is 0.0403. The van der Waals surface area contributed by atoms with Gasteiger partial charge in [-0.15, -0.1) is 0 Å². The van der Waals surface area contributed by atoms with E-state index in [0.29, 0.717) is 11.4 Å². The van der Waals surface area contributed by atoms with Crippen molar-refractivity contribution in [3.63, 3.8) is 0 Å². The molecule has 92 valence electrons. The average Bonchev–Trinajstić information content (AvgIpc) is 2.35. The van der Waals surface area contributed by atoms with E-state index in [1.165, 1.54) is 0 Å². The van der Waals surface area contributed by atoms with E-state index in [1.807, 2.05) is 12.1 Å². The van der Waals surface area contributed by atoms with Gasteiger partial charge in [0.25, 0.3) is 0 Å². The molecular formula is C13H17ClN2O. The molecule has 0 fully saturated rings. The van der Waals surface area contributed by atoms with Crippen molar-refractivity contribution >= 4 is 28.9 Å². The second-order valence-electron chi connectivity index (χ2n) is 5.51. The molecule has 17 heavy (non-hydrogen) atoms. The first-order chi connectivity index (χ1) is 7.86. The number of halogens is 1. The third-order valence-electron chi connectivity index (χ3n) is 3.02. The minimum Gasteiger partial charge on any atom is -0.380 e. The lowest BCUT2D eigenvalue weighted by Crippen LogP contribution is -2.35. The Kier molecular flexibility index (Phi) is 3.04. The zero-order valence-electron chi connectivity index (χ0n) is 10.3. The quantitative estimate of drug-likeness (QED) is 0.742. The Labute approximate surface area is 107 Å². The van der Waals surface area contributed by atoms with E-state index < -0.39 is 0 Å². The van der Waals surface area contributed by atoms with Crippen LogP contribution in [0.4, 0.5) is 11.4 Å². The molecule has 4 heteroatoms. The largest absolute Gasteiger partial charge is 0.380 e. The fourth-order valence-electron chi connectivity index (χ4n) is 1.89. The Morgan fingerprint density at radius 1 is 1.29 bits per heavy atom. The van der Waals surface area contributed by atoms with Crippen LogP contribution >= 0.6 is 11.6 Å². The Morgan fingerprint density at radius 3 is 2.65 bits per heavy atom. The lowest BCUT2D eigenvalue weighted by Gasteiger charge is -2.30. The van der Waals surface area contributed by atoms with E-state index in [0.717, 1.165) is 11.4 Å². The lowest BCUT2D eigenvalue weighted by atomic mass is 9.84. The molecule has 2 rings (SSSR count). The van der Waals surface area contributed by atoms with Crippen LogP contribution in [0.1, 0.15) is 27.2 Å². The number of anilines is 2. The number of nitrogens with one attached hydrogen (secondary N) is 2. The molecule has 0 aliphatic carbocycles. The zero-order valence-corrected chi connectivity index (χ0v) is 11.1. The molecule has 1 aliphatic heterocycles. The smallest absolute Gasteiger partial charge is 0.226 e. The van der Waals surface area contributed by atoms with Gasteiger partial charge in [0.2, 0.25) is 5.91 Å². The molecule has 3 nitrogen and oxygen atoms in total. The maximum atomic E-state index is 11.8. The van der Waals surface area contributed by atoms with Crippen LogP contribution in [-0.2, 0) is 4.79 Å². The molecular weight excluding hydrogens is 236 g/mol. The average molecular weight is 253 g/mol. The predicted molar refractivity (Wildman–Crippen MR) is 71.6 cm³/mol. The first-order valence-electron chi connectivity index (χ1n) is 5.72. The van der Waals surface area contributed by atoms with Gasteiger partial charge in [-0.1, -0.05) is 32.4 Å². The molecule has 1 unspecified atom stereocenters. The fourth-order valence-corrected chi connectivity index (χ4v) is 2.07. The molecule has 0 radical (unpaired) electrons. The molecule has 1 aromatic rings. The normalized spacial score (nSPS) is 20.0. The zero-order chi connectivity index (χ0) is 12.6. The Balaban J connectivity index is 2.38. The number of carbonyl (C=O) groups excluding carboxylic acids is 1. The number of hydrogen-bond donors (Lipinski definition) is 2. The second kappa shape index (κ2) is 4.22. The van der Waals surface area contributed by atoms with Crippen LogP contribution in [0.2, 0.25) is 5.02 Å². The lowest BCUT2D eigenvalue weighted by molar-refractivity contribution is -0.116. The molecule has 1 amide bonds. The highest BCUT2D eigenvalue weighted by atomic mass is 35.5. The molecule has 1 heterocycles. The number of rotatable bonds is 0. The van der Waals surface area contributed by atoms with Gasteiger partial charge in [0.1, 0.15) is 0 Å². The van der Waals surface area contributed by atoms with Crippen molar-refractivity contribution in [3.05, 3.63) is 23.2 Å². The minimum atomic E-state index is 0.0151. The van der Waals surface area contributed by atoms with E-state index in [4.69, 9.17) is 11.6 Å². The van der Waals surface area contributed by atoms with Crippen molar-refractivity contribution < 1.29 is 4.79 Å². The summed E-state index contributed by atoms with van der Waals surface area (Å²) in [7, 11) is 0. The van der Waals surface area contributed by atoms with Crippen molar-refractivity contribution in [2.24, 2.45) is 5.41 Å². The number of carbonyl (C=O) groups is 1. The molecule has 0 saturated heterocycles. The summed E-state index contributed by atoms with van der Waals surface area (Å²) in [5.41, 5.74) is 1.70. The van der Waals surface area contributed by atoms with Gasteiger partial charge in [-0.25, -0.2) is 0 Å². The summed E-state index contributed by atoms with van der Waals surface area (Å²) in [6, 6.07) is 5.55. The Morgan fingerprint density at radius 2 is 2.00 bits per heavy atom. The van der Waals surface area contributed by atoms with E-state index >= 15 is 0 Å². The number of hydrogen-bond acceptors (Lipinski definition) is 2. The number of amides is 1. The van der Waals surface area contributed by atoms with E-state index in [2.05, 4.69) is 31.4 Å². The molecule has 1 aromatic carbocycles. The summed E-state index contributed by atoms with van der Waals surface area (Å²) in [6.45, 7) is 6.36. The SMILES string of the molecule is CC(C)(C)C1CC(=O)Nc2ccc(Cl)cc2N1. The molecule has 0 spiro atoms. The monoisotopic (exact) mass is 252 g/mol. The molecule has 0 bridgehead atoms. The maximum absolute atomic E-state index is 11.8. The second-order valence-corrected chi connectivity index (χ2v) is 5.94. The third-order valence-corrected chi connectivity index (χ3v) is 3.26. The van der Waals surface area contributed by atoms with Gasteiger partial charge in [-0.2, -0.15) is 0 Å². The summed E-state index contributed by atoms with van der Waals surface area (Å²) in [5, 5.41) is 6.96. The highest BCUT2D eigenvalue weighted by Gasteiger charge is 2.30. The minimum absolute atomic E-state index is 0.0151. The highest BCUT2D eigenvalue weighted by Crippen LogP contribution is 2.33. The fraction of sp³-hybridized carbons (Fsp3) is 0.462. The summed E-state index contributed by atoms with van der Waals surface area (Å²) < 4.78 is 0. The summed E-state index contributed by atoms with van der Waals surface area (Å²) in [6.07, 6.45) is 0.468. The summed E-state index contributed by atoms with van der Waals surface area (Å²) >= 11 is 5.98. The summed E-state index contributed by atoms with van der Waals surface area (Å²) in [4.78, 5) is 11.8. The van der Waals surface area contributed by atoms with E-state index in [1.54, 1.807) is 6.07 Å². The van der Waals surface area contributed by atoms with Crippen LogP contribution in [0.5, 0.6) is 0 Å². The molecule has 1 atom stereocenters. The van der Waals surface area contributed by atoms with Crippen molar-refractivity contribution in [1.82, 2.24) is 0 Å². The molecule has 1 aliphatic rings. The Bertz CT molecular complexity index is 451. The maximum Gasteiger partial charge on any atom is 0.226 e. The van der Waals surface area contributed by atoms with Gasteiger partial charge in [0, 0.05) is 17.5 Å². The van der Waals surface area contributed by atoms with Crippen molar-refractivity contribution in [2.75, 3.05) is 10.6 Å². The molecule has 0 aromatic heterocycles. The third kappa shape index (κ3) is 2.72. The van der Waals surface area contributed by atoms with Gasteiger partial charge >= 0.3 is 0 Å². The van der Waals surface area contributed by atoms with Crippen molar-refractivity contribution in [3.8, 4) is 0 Å². The van der Waals surface area contributed by atoms with Gasteiger partial charge in [-0.3, -0.25) is 4.79 Å². The number of fused-ring (bicyclic) bond motifs is 1. The van der Waals surface area contributed by atoms with Crippen molar-refractivity contribution in [1.29, 1.82) is 0 Å². The van der Waals surface area contributed by atoms with Gasteiger partial charge in [0.05, 0.1) is 11.4 Å². The van der Waals surface area contributed by atoms with Crippen LogP contribution in [0, 0.1) is 5.41 Å². The Hall–Kier alpha value is -1.22. The van der Waals surface area contributed by atoms with Gasteiger partial charge < -0.3 is 10.6 Å². The van der Waals surface area contributed by atoms with Crippen LogP contribution in [0.3, 0.4) is 0 Å². The van der Waals surface area contributed by atoms with Crippen LogP contribution in [-0.4, -0.2) is 11.9 Å². The number of benzene rings is 1. The molecule has 0 saturated carbocycles. The highest BCUT2D eigenvalue weighted by molar-refractivity contribution is 6.31. The van der Waals surface area contributed by atoms with E-state index in [-0.39, 0.29) is 17.4 Å². The standard InChI is InChI=1S/C13H17ClN2O/c1-13(2,3)11-7-12(17)16-9-5-4-8(14)6-10(9)15-11/h4-6,11,15H,7H2,1-3H3,(H,16,17). The predicted octanol–water partition coefficient (Wildman–Crippen LogP) is 3.51. The first-order valence-corrected chi connectivity index (χ1v) is 6.10. The van der Waals surface area contributed by atoms with Crippen LogP contribution in [0.15, 0.2) is 18.2 Å². The van der Waals surface area contributed by atoms with Gasteiger partial charge in [-0.05, 0) is 23.6 Å².